The lowest BCUT2D eigenvalue weighted by molar-refractivity contribution is -0.121. The summed E-state index contributed by atoms with van der Waals surface area (Å²) in [6, 6.07) is 12.9. The maximum atomic E-state index is 12.7. The third kappa shape index (κ3) is 4.95. The van der Waals surface area contributed by atoms with Crippen molar-refractivity contribution in [2.24, 2.45) is 7.05 Å². The van der Waals surface area contributed by atoms with Crippen molar-refractivity contribution < 1.29 is 14.3 Å². The number of ether oxygens (including phenoxy) is 1. The standard InChI is InChI=1S/C24H27N3O3/c1-16-5-6-17(2)20(15-16)21(28)11-12-22(29)26-23(24-25-13-14-27(24)3)18-7-9-19(30-4)10-8-18/h5-10,13-15,23H,11-12H2,1-4H3,(H,26,29). The van der Waals surface area contributed by atoms with Crippen molar-refractivity contribution in [1.29, 1.82) is 0 Å². The molecule has 0 bridgehead atoms. The lowest BCUT2D eigenvalue weighted by Gasteiger charge is -2.19. The number of nitrogens with one attached hydrogen (secondary N) is 1. The highest BCUT2D eigenvalue weighted by Gasteiger charge is 2.21. The minimum Gasteiger partial charge on any atom is -0.497 e. The summed E-state index contributed by atoms with van der Waals surface area (Å²) < 4.78 is 7.10. The van der Waals surface area contributed by atoms with Gasteiger partial charge in [0.05, 0.1) is 7.11 Å². The van der Waals surface area contributed by atoms with Crippen molar-refractivity contribution in [3.63, 3.8) is 0 Å². The molecule has 6 nitrogen and oxygen atoms in total. The van der Waals surface area contributed by atoms with Crippen LogP contribution in [0.15, 0.2) is 54.9 Å². The number of aryl methyl sites for hydroxylation is 3. The number of imidazole rings is 1. The Kier molecular flexibility index (Phi) is 6.67. The molecule has 0 radical (unpaired) electrons. The highest BCUT2D eigenvalue weighted by Crippen LogP contribution is 2.23. The number of benzene rings is 2. The number of nitrogens with zero attached hydrogens (tertiary/aromatic N) is 2. The quantitative estimate of drug-likeness (QED) is 0.577. The molecule has 1 N–H and O–H groups in total. The van der Waals surface area contributed by atoms with Gasteiger partial charge >= 0.3 is 0 Å². The van der Waals surface area contributed by atoms with E-state index in [1.165, 1.54) is 0 Å². The lowest BCUT2D eigenvalue weighted by Crippen LogP contribution is -2.31. The predicted molar refractivity (Wildman–Crippen MR) is 116 cm³/mol. The van der Waals surface area contributed by atoms with Crippen LogP contribution in [0.2, 0.25) is 0 Å². The first-order chi connectivity index (χ1) is 14.4. The van der Waals surface area contributed by atoms with Crippen LogP contribution in [0.4, 0.5) is 0 Å². The van der Waals surface area contributed by atoms with Gasteiger partial charge < -0.3 is 14.6 Å². The summed E-state index contributed by atoms with van der Waals surface area (Å²) in [4.78, 5) is 29.7. The molecule has 30 heavy (non-hydrogen) atoms. The first kappa shape index (κ1) is 21.3. The number of aromatic nitrogens is 2. The first-order valence-corrected chi connectivity index (χ1v) is 9.90. The number of amides is 1. The average molecular weight is 405 g/mol. The van der Waals surface area contributed by atoms with Gasteiger partial charge in [-0.2, -0.15) is 0 Å². The molecular weight excluding hydrogens is 378 g/mol. The Labute approximate surface area is 176 Å². The average Bonchev–Trinajstić information content (AvgIpc) is 3.17. The Morgan fingerprint density at radius 3 is 2.47 bits per heavy atom. The number of hydrogen-bond donors (Lipinski definition) is 1. The Morgan fingerprint density at radius 2 is 1.83 bits per heavy atom. The minimum atomic E-state index is -0.417. The largest absolute Gasteiger partial charge is 0.497 e. The maximum absolute atomic E-state index is 12.7. The third-order valence-electron chi connectivity index (χ3n) is 5.14. The molecular formula is C24H27N3O3. The van der Waals surface area contributed by atoms with Crippen molar-refractivity contribution in [2.75, 3.05) is 7.11 Å². The monoisotopic (exact) mass is 405 g/mol. The summed E-state index contributed by atoms with van der Waals surface area (Å²) in [5, 5.41) is 3.03. The van der Waals surface area contributed by atoms with Crippen LogP contribution in [-0.4, -0.2) is 28.4 Å². The van der Waals surface area contributed by atoms with Gasteiger partial charge in [0.15, 0.2) is 5.78 Å². The van der Waals surface area contributed by atoms with E-state index >= 15 is 0 Å². The predicted octanol–water partition coefficient (Wildman–Crippen LogP) is 3.91. The van der Waals surface area contributed by atoms with E-state index in [1.54, 1.807) is 13.3 Å². The van der Waals surface area contributed by atoms with E-state index in [9.17, 15) is 9.59 Å². The molecule has 1 unspecified atom stereocenters. The van der Waals surface area contributed by atoms with Crippen LogP contribution < -0.4 is 10.1 Å². The molecule has 0 aliphatic carbocycles. The Morgan fingerprint density at radius 1 is 1.10 bits per heavy atom. The molecule has 156 valence electrons. The van der Waals surface area contributed by atoms with Crippen LogP contribution in [-0.2, 0) is 11.8 Å². The molecule has 0 saturated heterocycles. The molecule has 1 heterocycles. The van der Waals surface area contributed by atoms with E-state index in [4.69, 9.17) is 4.74 Å². The second-order valence-electron chi connectivity index (χ2n) is 7.41. The fraction of sp³-hybridized carbons (Fsp3) is 0.292. The zero-order chi connectivity index (χ0) is 21.7. The van der Waals surface area contributed by atoms with Gasteiger partial charge in [0.25, 0.3) is 0 Å². The molecule has 3 aromatic rings. The van der Waals surface area contributed by atoms with Crippen molar-refractivity contribution in [2.45, 2.75) is 32.7 Å². The molecule has 2 aromatic carbocycles. The number of methoxy groups -OCH3 is 1. The summed E-state index contributed by atoms with van der Waals surface area (Å²) in [5.74, 6) is 1.24. The van der Waals surface area contributed by atoms with E-state index in [0.29, 0.717) is 5.56 Å². The fourth-order valence-corrected chi connectivity index (χ4v) is 3.38. The summed E-state index contributed by atoms with van der Waals surface area (Å²) >= 11 is 0. The molecule has 0 spiro atoms. The highest BCUT2D eigenvalue weighted by atomic mass is 16.5. The number of Topliss-reactive ketones (excluding diaryl/α,β-unsaturated/α-hetero) is 1. The minimum absolute atomic E-state index is 0.0238. The van der Waals surface area contributed by atoms with E-state index < -0.39 is 6.04 Å². The number of hydrogen-bond acceptors (Lipinski definition) is 4. The van der Waals surface area contributed by atoms with Gasteiger partial charge in [-0.1, -0.05) is 29.8 Å². The second-order valence-corrected chi connectivity index (χ2v) is 7.41. The summed E-state index contributed by atoms with van der Waals surface area (Å²) in [5.41, 5.74) is 3.52. The second kappa shape index (κ2) is 9.39. The molecule has 0 fully saturated rings. The third-order valence-corrected chi connectivity index (χ3v) is 5.14. The van der Waals surface area contributed by atoms with Gasteiger partial charge in [-0.25, -0.2) is 4.98 Å². The number of rotatable bonds is 8. The van der Waals surface area contributed by atoms with E-state index in [1.807, 2.05) is 74.1 Å². The van der Waals surface area contributed by atoms with Crippen molar-refractivity contribution in [1.82, 2.24) is 14.9 Å². The topological polar surface area (TPSA) is 73.2 Å². The molecule has 1 aromatic heterocycles. The normalized spacial score (nSPS) is 11.7. The summed E-state index contributed by atoms with van der Waals surface area (Å²) in [6.07, 6.45) is 3.80. The van der Waals surface area contributed by atoms with Gasteiger partial charge in [0, 0.05) is 37.8 Å². The van der Waals surface area contributed by atoms with Crippen LogP contribution in [0.3, 0.4) is 0 Å². The zero-order valence-corrected chi connectivity index (χ0v) is 17.8. The zero-order valence-electron chi connectivity index (χ0n) is 17.8. The molecule has 0 saturated carbocycles. The van der Waals surface area contributed by atoms with Crippen molar-refractivity contribution in [3.8, 4) is 5.75 Å². The number of carbonyl (C=O) groups is 2. The summed E-state index contributed by atoms with van der Waals surface area (Å²) in [7, 11) is 3.50. The molecule has 0 aliphatic rings. The summed E-state index contributed by atoms with van der Waals surface area (Å²) in [6.45, 7) is 3.86. The molecule has 6 heteroatoms. The Bertz CT molecular complexity index is 1040. The first-order valence-electron chi connectivity index (χ1n) is 9.90. The van der Waals surface area contributed by atoms with Crippen LogP contribution in [0, 0.1) is 13.8 Å². The van der Waals surface area contributed by atoms with Crippen LogP contribution in [0.25, 0.3) is 0 Å². The van der Waals surface area contributed by atoms with E-state index in [-0.39, 0.29) is 24.5 Å². The van der Waals surface area contributed by atoms with Crippen molar-refractivity contribution >= 4 is 11.7 Å². The number of carbonyl (C=O) groups excluding carboxylic acids is 2. The fourth-order valence-electron chi connectivity index (χ4n) is 3.38. The van der Waals surface area contributed by atoms with Crippen LogP contribution in [0.1, 0.15) is 51.8 Å². The smallest absolute Gasteiger partial charge is 0.221 e. The lowest BCUT2D eigenvalue weighted by atomic mass is 9.99. The highest BCUT2D eigenvalue weighted by molar-refractivity contribution is 5.99. The molecule has 3 rings (SSSR count). The Balaban J connectivity index is 1.72. The van der Waals surface area contributed by atoms with Gasteiger partial charge in [-0.15, -0.1) is 0 Å². The number of ketones is 1. The molecule has 1 atom stereocenters. The SMILES string of the molecule is COc1ccc(C(NC(=O)CCC(=O)c2cc(C)ccc2C)c2nccn2C)cc1. The van der Waals surface area contributed by atoms with Crippen LogP contribution >= 0.6 is 0 Å². The van der Waals surface area contributed by atoms with Crippen molar-refractivity contribution in [3.05, 3.63) is 82.9 Å². The molecule has 1 amide bonds. The van der Waals surface area contributed by atoms with Gasteiger partial charge in [0.2, 0.25) is 5.91 Å². The van der Waals surface area contributed by atoms with Gasteiger partial charge in [-0.3, -0.25) is 9.59 Å². The van der Waals surface area contributed by atoms with E-state index in [2.05, 4.69) is 10.3 Å². The molecule has 0 aliphatic heterocycles. The van der Waals surface area contributed by atoms with Crippen LogP contribution in [0.5, 0.6) is 5.75 Å². The van der Waals surface area contributed by atoms with Gasteiger partial charge in [0.1, 0.15) is 17.6 Å². The van der Waals surface area contributed by atoms with Gasteiger partial charge in [-0.05, 0) is 43.2 Å². The maximum Gasteiger partial charge on any atom is 0.221 e. The Hall–Kier alpha value is -3.41. The van der Waals surface area contributed by atoms with E-state index in [0.717, 1.165) is 28.3 Å².